The molecule has 2 rings (SSSR count). The molecule has 1 N–H and O–H groups in total. The minimum Gasteiger partial charge on any atom is -0.361 e. The molecule has 0 spiro atoms. The van der Waals surface area contributed by atoms with Crippen LogP contribution in [0.1, 0.15) is 5.56 Å². The zero-order valence-corrected chi connectivity index (χ0v) is 6.29. The quantitative estimate of drug-likeness (QED) is 0.594. The Kier molecular flexibility index (Phi) is 1.96. The molecule has 2 radical (unpaired) electrons. The van der Waals surface area contributed by atoms with Crippen molar-refractivity contribution in [2.75, 3.05) is 0 Å². The van der Waals surface area contributed by atoms with E-state index in [1.54, 1.807) is 0 Å². The summed E-state index contributed by atoms with van der Waals surface area (Å²) in [6, 6.07) is 8.31. The Hall–Kier alpha value is -1.28. The first-order chi connectivity index (χ1) is 4.88. The van der Waals surface area contributed by atoms with Gasteiger partial charge in [-0.25, -0.2) is 0 Å². The maximum absolute atomic E-state index is 3.19. The number of aryl methyl sites for hydroxylation is 1. The molecule has 2 nitrogen and oxygen atoms in total. The van der Waals surface area contributed by atoms with Crippen molar-refractivity contribution in [2.24, 2.45) is 0 Å². The highest BCUT2D eigenvalue weighted by Crippen LogP contribution is 2.15. The molecule has 0 fully saturated rings. The Morgan fingerprint density at radius 1 is 1.18 bits per heavy atom. The van der Waals surface area contributed by atoms with Crippen molar-refractivity contribution >= 4 is 10.9 Å². The second kappa shape index (κ2) is 2.76. The molecule has 0 aliphatic heterocycles. The summed E-state index contributed by atoms with van der Waals surface area (Å²) in [4.78, 5) is 3.19. The summed E-state index contributed by atoms with van der Waals surface area (Å²) in [6.07, 6.45) is 2.03. The van der Waals surface area contributed by atoms with Crippen molar-refractivity contribution in [1.82, 2.24) is 4.98 Å². The summed E-state index contributed by atoms with van der Waals surface area (Å²) in [5.74, 6) is 0. The van der Waals surface area contributed by atoms with E-state index in [9.17, 15) is 0 Å². The van der Waals surface area contributed by atoms with E-state index < -0.39 is 0 Å². The minimum absolute atomic E-state index is 0. The van der Waals surface area contributed by atoms with E-state index in [4.69, 9.17) is 0 Å². The molecule has 0 amide bonds. The predicted molar refractivity (Wildman–Crippen MR) is 43.7 cm³/mol. The molecule has 1 heterocycles. The number of benzene rings is 1. The number of hydrogen-bond acceptors (Lipinski definition) is 0. The number of hydrogen-bond donors (Lipinski definition) is 1. The maximum Gasteiger partial charge on any atom is 0.0456 e. The first-order valence-corrected chi connectivity index (χ1v) is 3.40. The van der Waals surface area contributed by atoms with Crippen LogP contribution in [-0.4, -0.2) is 4.98 Å². The summed E-state index contributed by atoms with van der Waals surface area (Å²) in [5, 5.41) is 1.32. The molecule has 56 valence electrons. The van der Waals surface area contributed by atoms with Gasteiger partial charge >= 0.3 is 0 Å². The summed E-state index contributed by atoms with van der Waals surface area (Å²) in [5.41, 5.74) is 2.54. The molecular formula is C9H9NO. The van der Waals surface area contributed by atoms with Gasteiger partial charge in [0.1, 0.15) is 0 Å². The van der Waals surface area contributed by atoms with E-state index >= 15 is 0 Å². The molecular weight excluding hydrogens is 138 g/mol. The number of para-hydroxylation sites is 1. The average Bonchev–Trinajstić information content (AvgIpc) is 2.34. The van der Waals surface area contributed by atoms with Gasteiger partial charge in [0.15, 0.2) is 0 Å². The molecule has 0 atom stereocenters. The predicted octanol–water partition coefficient (Wildman–Crippen LogP) is 2.36. The third-order valence-electron chi connectivity index (χ3n) is 1.80. The average molecular weight is 147 g/mol. The van der Waals surface area contributed by atoms with Gasteiger partial charge in [-0.2, -0.15) is 0 Å². The van der Waals surface area contributed by atoms with Gasteiger partial charge in [-0.3, -0.25) is 0 Å². The normalized spacial score (nSPS) is 9.55. The highest BCUT2D eigenvalue weighted by molar-refractivity contribution is 5.82. The zero-order valence-electron chi connectivity index (χ0n) is 6.29. The Labute approximate surface area is 65.2 Å². The Bertz CT molecular complexity index is 351. The lowest BCUT2D eigenvalue weighted by atomic mass is 10.2. The van der Waals surface area contributed by atoms with Gasteiger partial charge in [-0.15, -0.1) is 0 Å². The lowest BCUT2D eigenvalue weighted by Gasteiger charge is -1.86. The second-order valence-corrected chi connectivity index (χ2v) is 2.52. The van der Waals surface area contributed by atoms with E-state index in [0.717, 1.165) is 0 Å². The fourth-order valence-electron chi connectivity index (χ4n) is 1.22. The van der Waals surface area contributed by atoms with E-state index in [0.29, 0.717) is 0 Å². The number of aromatic amines is 1. The zero-order chi connectivity index (χ0) is 6.97. The third kappa shape index (κ3) is 1.12. The Morgan fingerprint density at radius 3 is 2.64 bits per heavy atom. The van der Waals surface area contributed by atoms with Crippen molar-refractivity contribution in [1.29, 1.82) is 0 Å². The van der Waals surface area contributed by atoms with Gasteiger partial charge < -0.3 is 4.98 Å². The molecule has 0 aliphatic carbocycles. The molecule has 0 saturated heterocycles. The first-order valence-electron chi connectivity index (χ1n) is 3.40. The van der Waals surface area contributed by atoms with Crippen LogP contribution in [0, 0.1) is 6.92 Å². The van der Waals surface area contributed by atoms with Crippen molar-refractivity contribution in [2.45, 2.75) is 6.92 Å². The lowest BCUT2D eigenvalue weighted by molar-refractivity contribution is 0.686. The molecule has 2 heteroatoms. The van der Waals surface area contributed by atoms with Gasteiger partial charge in [0, 0.05) is 22.6 Å². The van der Waals surface area contributed by atoms with Crippen LogP contribution in [-0.2, 0) is 5.48 Å². The largest absolute Gasteiger partial charge is 0.361 e. The SMILES string of the molecule is Cc1c[nH]c2ccccc12.[O]. The number of aromatic nitrogens is 1. The molecule has 0 unspecified atom stereocenters. The number of H-pyrrole nitrogens is 1. The topological polar surface area (TPSA) is 44.3 Å². The molecule has 1 aromatic carbocycles. The second-order valence-electron chi connectivity index (χ2n) is 2.52. The van der Waals surface area contributed by atoms with Crippen molar-refractivity contribution in [3.8, 4) is 0 Å². The molecule has 11 heavy (non-hydrogen) atoms. The molecule has 0 saturated carbocycles. The van der Waals surface area contributed by atoms with Crippen LogP contribution < -0.4 is 0 Å². The maximum atomic E-state index is 3.19. The van der Waals surface area contributed by atoms with Crippen LogP contribution >= 0.6 is 0 Å². The van der Waals surface area contributed by atoms with Gasteiger partial charge in [0.25, 0.3) is 0 Å². The molecule has 2 aromatic rings. The summed E-state index contributed by atoms with van der Waals surface area (Å²) in [6.45, 7) is 2.11. The standard InChI is InChI=1S/C9H9N.O/c1-7-6-10-9-5-3-2-4-8(7)9;/h2-6,10H,1H3;. The lowest BCUT2D eigenvalue weighted by Crippen LogP contribution is -1.64. The number of rotatable bonds is 0. The molecule has 1 aromatic heterocycles. The minimum atomic E-state index is 0. The Morgan fingerprint density at radius 2 is 1.91 bits per heavy atom. The highest BCUT2D eigenvalue weighted by atomic mass is 16.0. The van der Waals surface area contributed by atoms with Crippen LogP contribution in [0.2, 0.25) is 0 Å². The third-order valence-corrected chi connectivity index (χ3v) is 1.80. The van der Waals surface area contributed by atoms with Crippen LogP contribution in [0.5, 0.6) is 0 Å². The first kappa shape index (κ1) is 7.82. The van der Waals surface area contributed by atoms with E-state index in [2.05, 4.69) is 30.1 Å². The van der Waals surface area contributed by atoms with Crippen molar-refractivity contribution in [3.63, 3.8) is 0 Å². The van der Waals surface area contributed by atoms with Crippen LogP contribution in [0.4, 0.5) is 0 Å². The summed E-state index contributed by atoms with van der Waals surface area (Å²) >= 11 is 0. The molecule has 0 bridgehead atoms. The van der Waals surface area contributed by atoms with E-state index in [1.165, 1.54) is 16.5 Å². The van der Waals surface area contributed by atoms with Gasteiger partial charge in [0.2, 0.25) is 0 Å². The highest BCUT2D eigenvalue weighted by Gasteiger charge is 1.94. The smallest absolute Gasteiger partial charge is 0.0456 e. The number of nitrogens with one attached hydrogen (secondary N) is 1. The van der Waals surface area contributed by atoms with Crippen LogP contribution in [0.3, 0.4) is 0 Å². The fraction of sp³-hybridized carbons (Fsp3) is 0.111. The van der Waals surface area contributed by atoms with E-state index in [1.807, 2.05) is 12.3 Å². The van der Waals surface area contributed by atoms with Gasteiger partial charge in [-0.05, 0) is 18.6 Å². The van der Waals surface area contributed by atoms with Crippen molar-refractivity contribution in [3.05, 3.63) is 36.0 Å². The monoisotopic (exact) mass is 147 g/mol. The number of fused-ring (bicyclic) bond motifs is 1. The van der Waals surface area contributed by atoms with Gasteiger partial charge in [0.05, 0.1) is 0 Å². The molecule has 0 aliphatic rings. The Balaban J connectivity index is 0.000000605. The van der Waals surface area contributed by atoms with Crippen LogP contribution in [0.25, 0.3) is 10.9 Å². The summed E-state index contributed by atoms with van der Waals surface area (Å²) in [7, 11) is 0. The van der Waals surface area contributed by atoms with Crippen LogP contribution in [0.15, 0.2) is 30.5 Å². The van der Waals surface area contributed by atoms with Crippen molar-refractivity contribution < 1.29 is 5.48 Å². The van der Waals surface area contributed by atoms with E-state index in [-0.39, 0.29) is 5.48 Å². The fourth-order valence-corrected chi connectivity index (χ4v) is 1.22. The van der Waals surface area contributed by atoms with Gasteiger partial charge in [-0.1, -0.05) is 18.2 Å². The summed E-state index contributed by atoms with van der Waals surface area (Å²) < 4.78 is 0.